The lowest BCUT2D eigenvalue weighted by atomic mass is 9.95. The molecule has 1 aromatic rings. The summed E-state index contributed by atoms with van der Waals surface area (Å²) >= 11 is 0. The molecule has 2 aliphatic heterocycles. The molecular weight excluding hydrogens is 316 g/mol. The second-order valence-electron chi connectivity index (χ2n) is 5.70. The van der Waals surface area contributed by atoms with Crippen LogP contribution in [0.5, 0.6) is 0 Å². The monoisotopic (exact) mass is 338 g/mol. The van der Waals surface area contributed by atoms with Gasteiger partial charge in [-0.3, -0.25) is 0 Å². The summed E-state index contributed by atoms with van der Waals surface area (Å²) < 4.78 is 22.6. The van der Waals surface area contributed by atoms with Crippen LogP contribution < -0.4 is 10.6 Å². The van der Waals surface area contributed by atoms with Crippen LogP contribution in [0.25, 0.3) is 0 Å². The van der Waals surface area contributed by atoms with Crippen molar-refractivity contribution in [2.45, 2.75) is 36.9 Å². The van der Waals surface area contributed by atoms with Crippen molar-refractivity contribution in [1.82, 2.24) is 10.6 Å². The fourth-order valence-corrected chi connectivity index (χ4v) is 2.97. The van der Waals surface area contributed by atoms with E-state index in [0.717, 1.165) is 5.56 Å². The van der Waals surface area contributed by atoms with Crippen LogP contribution in [-0.4, -0.2) is 62.5 Å². The van der Waals surface area contributed by atoms with E-state index >= 15 is 0 Å². The first-order chi connectivity index (χ1) is 11.6. The van der Waals surface area contributed by atoms with Crippen molar-refractivity contribution in [2.24, 2.45) is 0 Å². The van der Waals surface area contributed by atoms with E-state index in [9.17, 15) is 9.90 Å². The third-order valence-electron chi connectivity index (χ3n) is 4.20. The number of aliphatic hydroxyl groups excluding tert-OH is 1. The smallest absolute Gasteiger partial charge is 0.314 e. The molecular formula is C16H22N2O6. The summed E-state index contributed by atoms with van der Waals surface area (Å²) in [5, 5.41) is 15.6. The molecule has 2 fully saturated rings. The summed E-state index contributed by atoms with van der Waals surface area (Å²) in [5.74, 6) is 0. The number of carbonyl (C=O) groups is 1. The average Bonchev–Trinajstić information content (AvgIpc) is 2.64. The van der Waals surface area contributed by atoms with Gasteiger partial charge in [-0.1, -0.05) is 30.3 Å². The number of hydrogen-bond acceptors (Lipinski definition) is 6. The molecule has 0 radical (unpaired) electrons. The van der Waals surface area contributed by atoms with E-state index in [1.165, 1.54) is 14.2 Å². The van der Waals surface area contributed by atoms with Gasteiger partial charge in [-0.05, 0) is 0 Å². The van der Waals surface area contributed by atoms with Crippen molar-refractivity contribution in [3.63, 3.8) is 0 Å². The lowest BCUT2D eigenvalue weighted by molar-refractivity contribution is -0.340. The minimum absolute atomic E-state index is 0.267. The summed E-state index contributed by atoms with van der Waals surface area (Å²) in [6, 6.07) is 8.36. The van der Waals surface area contributed by atoms with Crippen LogP contribution in [0.2, 0.25) is 0 Å². The highest BCUT2D eigenvalue weighted by Gasteiger charge is 2.50. The number of urea groups is 1. The van der Waals surface area contributed by atoms with Crippen molar-refractivity contribution < 1.29 is 28.8 Å². The second-order valence-corrected chi connectivity index (χ2v) is 5.70. The zero-order chi connectivity index (χ0) is 17.1. The molecule has 0 saturated carbocycles. The maximum absolute atomic E-state index is 11.7. The number of benzene rings is 1. The van der Waals surface area contributed by atoms with Crippen LogP contribution in [0.1, 0.15) is 11.9 Å². The SMILES string of the molecule is CNC(=O)N[C@@H]1[C@@H](O)[C@@H](OC)O[C@@H]2COC(c3ccccc3)O[C@@H]12. The molecule has 3 N–H and O–H groups in total. The molecule has 132 valence electrons. The Morgan fingerprint density at radius 3 is 2.71 bits per heavy atom. The van der Waals surface area contributed by atoms with Gasteiger partial charge in [0.2, 0.25) is 0 Å². The molecule has 2 aliphatic rings. The van der Waals surface area contributed by atoms with Gasteiger partial charge in [-0.25, -0.2) is 4.79 Å². The van der Waals surface area contributed by atoms with Gasteiger partial charge in [-0.15, -0.1) is 0 Å². The minimum Gasteiger partial charge on any atom is -0.386 e. The number of aliphatic hydroxyl groups is 1. The maximum atomic E-state index is 11.7. The van der Waals surface area contributed by atoms with Crippen molar-refractivity contribution in [2.75, 3.05) is 20.8 Å². The first-order valence-electron chi connectivity index (χ1n) is 7.80. The molecule has 1 aromatic carbocycles. The number of carbonyl (C=O) groups excluding carboxylic acids is 1. The molecule has 8 heteroatoms. The van der Waals surface area contributed by atoms with Crippen molar-refractivity contribution in [3.8, 4) is 0 Å². The van der Waals surface area contributed by atoms with Crippen LogP contribution in [-0.2, 0) is 18.9 Å². The summed E-state index contributed by atoms with van der Waals surface area (Å²) in [4.78, 5) is 11.7. The number of rotatable bonds is 3. The van der Waals surface area contributed by atoms with Gasteiger partial charge in [0.1, 0.15) is 18.3 Å². The molecule has 2 saturated heterocycles. The van der Waals surface area contributed by atoms with Crippen LogP contribution >= 0.6 is 0 Å². The Bertz CT molecular complexity index is 557. The Balaban J connectivity index is 1.80. The molecule has 2 amide bonds. The number of ether oxygens (including phenoxy) is 4. The van der Waals surface area contributed by atoms with Crippen molar-refractivity contribution in [1.29, 1.82) is 0 Å². The Morgan fingerprint density at radius 1 is 1.29 bits per heavy atom. The third kappa shape index (κ3) is 3.38. The predicted molar refractivity (Wildman–Crippen MR) is 83.1 cm³/mol. The number of methoxy groups -OCH3 is 1. The van der Waals surface area contributed by atoms with E-state index in [2.05, 4.69) is 10.6 Å². The minimum atomic E-state index is -1.07. The quantitative estimate of drug-likeness (QED) is 0.725. The van der Waals surface area contributed by atoms with E-state index in [1.54, 1.807) is 0 Å². The topological polar surface area (TPSA) is 98.3 Å². The summed E-state index contributed by atoms with van der Waals surface area (Å²) in [7, 11) is 2.94. The maximum Gasteiger partial charge on any atom is 0.314 e. The zero-order valence-electron chi connectivity index (χ0n) is 13.5. The Kier molecular flexibility index (Phi) is 5.32. The van der Waals surface area contributed by atoms with Gasteiger partial charge in [0.15, 0.2) is 12.6 Å². The number of fused-ring (bicyclic) bond motifs is 1. The van der Waals surface area contributed by atoms with Crippen LogP contribution in [0.3, 0.4) is 0 Å². The van der Waals surface area contributed by atoms with Crippen LogP contribution in [0, 0.1) is 0 Å². The molecule has 0 bridgehead atoms. The lowest BCUT2D eigenvalue weighted by Gasteiger charge is -2.47. The van der Waals surface area contributed by atoms with E-state index in [1.807, 2.05) is 30.3 Å². The Labute approximate surface area is 140 Å². The van der Waals surface area contributed by atoms with Crippen LogP contribution in [0.15, 0.2) is 30.3 Å². The van der Waals surface area contributed by atoms with E-state index in [0.29, 0.717) is 0 Å². The van der Waals surface area contributed by atoms with Crippen molar-refractivity contribution >= 4 is 6.03 Å². The largest absolute Gasteiger partial charge is 0.386 e. The standard InChI is InChI=1S/C16H22N2O6/c1-17-16(20)18-11-12(19)15(21-2)23-10-8-22-14(24-13(10)11)9-6-4-3-5-7-9/h3-7,10-15,19H,8H2,1-2H3,(H2,17,18,20)/t10-,11-,12-,13-,14?,15+/m1/s1. The second kappa shape index (κ2) is 7.45. The Hall–Kier alpha value is -1.71. The molecule has 0 spiro atoms. The summed E-state index contributed by atoms with van der Waals surface area (Å²) in [6.45, 7) is 0.267. The highest BCUT2D eigenvalue weighted by atomic mass is 16.7. The highest BCUT2D eigenvalue weighted by molar-refractivity contribution is 5.74. The first-order valence-corrected chi connectivity index (χ1v) is 7.80. The summed E-state index contributed by atoms with van der Waals surface area (Å²) in [6.07, 6.45) is -3.54. The van der Waals surface area contributed by atoms with Gasteiger partial charge in [0.25, 0.3) is 0 Å². The Morgan fingerprint density at radius 2 is 2.04 bits per heavy atom. The molecule has 1 unspecified atom stereocenters. The molecule has 6 atom stereocenters. The number of hydrogen-bond donors (Lipinski definition) is 3. The van der Waals surface area contributed by atoms with Gasteiger partial charge >= 0.3 is 6.03 Å². The van der Waals surface area contributed by atoms with Crippen molar-refractivity contribution in [3.05, 3.63) is 35.9 Å². The van der Waals surface area contributed by atoms with Crippen LogP contribution in [0.4, 0.5) is 4.79 Å². The molecule has 8 nitrogen and oxygen atoms in total. The highest BCUT2D eigenvalue weighted by Crippen LogP contribution is 2.34. The third-order valence-corrected chi connectivity index (χ3v) is 4.20. The predicted octanol–water partition coefficient (Wildman–Crippen LogP) is 0.130. The summed E-state index contributed by atoms with van der Waals surface area (Å²) in [5.41, 5.74) is 0.859. The van der Waals surface area contributed by atoms with Gasteiger partial charge in [-0.2, -0.15) is 0 Å². The zero-order valence-corrected chi connectivity index (χ0v) is 13.5. The molecule has 24 heavy (non-hydrogen) atoms. The number of nitrogens with one attached hydrogen (secondary N) is 2. The van der Waals surface area contributed by atoms with E-state index in [4.69, 9.17) is 18.9 Å². The van der Waals surface area contributed by atoms with E-state index < -0.39 is 43.0 Å². The fourth-order valence-electron chi connectivity index (χ4n) is 2.97. The normalized spacial score (nSPS) is 35.8. The molecule has 2 heterocycles. The molecule has 0 aliphatic carbocycles. The lowest BCUT2D eigenvalue weighted by Crippen LogP contribution is -2.67. The number of amides is 2. The first kappa shape index (κ1) is 17.1. The van der Waals surface area contributed by atoms with E-state index in [-0.39, 0.29) is 6.61 Å². The molecule has 0 aromatic heterocycles. The van der Waals surface area contributed by atoms with Gasteiger partial charge in [0.05, 0.1) is 12.6 Å². The fraction of sp³-hybridized carbons (Fsp3) is 0.562. The van der Waals surface area contributed by atoms with Gasteiger partial charge in [0, 0.05) is 19.7 Å². The average molecular weight is 338 g/mol. The van der Waals surface area contributed by atoms with Gasteiger partial charge < -0.3 is 34.7 Å². The molecule has 3 rings (SSSR count).